The third-order valence-corrected chi connectivity index (χ3v) is 4.65. The van der Waals surface area contributed by atoms with E-state index in [9.17, 15) is 0 Å². The van der Waals surface area contributed by atoms with Crippen molar-refractivity contribution in [3.8, 4) is 0 Å². The lowest BCUT2D eigenvalue weighted by Gasteiger charge is -2.00. The summed E-state index contributed by atoms with van der Waals surface area (Å²) in [6, 6.07) is 18.9. The standard InChI is InChI=1S/C12H17Cl.C12H18/c1-2-3-4-5-6-11-7-9-12(13)10-8-11;1-2-3-4-6-9-12-10-7-5-8-11-12/h7-10H,2-6H2,1H3;5,7-8,10-11H,2-4,6,9H2,1H3. The maximum atomic E-state index is 5.80. The van der Waals surface area contributed by atoms with E-state index in [4.69, 9.17) is 11.6 Å². The molecule has 25 heavy (non-hydrogen) atoms. The van der Waals surface area contributed by atoms with Crippen molar-refractivity contribution >= 4 is 11.6 Å². The first kappa shape index (κ1) is 21.8. The summed E-state index contributed by atoms with van der Waals surface area (Å²) >= 11 is 5.80. The molecule has 0 N–H and O–H groups in total. The van der Waals surface area contributed by atoms with E-state index >= 15 is 0 Å². The van der Waals surface area contributed by atoms with Crippen LogP contribution in [0, 0.1) is 0 Å². The zero-order chi connectivity index (χ0) is 18.2. The van der Waals surface area contributed by atoms with E-state index in [0.717, 1.165) is 5.02 Å². The molecule has 0 aliphatic carbocycles. The Labute approximate surface area is 160 Å². The smallest absolute Gasteiger partial charge is 0.0406 e. The highest BCUT2D eigenvalue weighted by atomic mass is 35.5. The Hall–Kier alpha value is -1.27. The summed E-state index contributed by atoms with van der Waals surface area (Å²) in [6.07, 6.45) is 13.2. The lowest BCUT2D eigenvalue weighted by atomic mass is 10.1. The van der Waals surface area contributed by atoms with Gasteiger partial charge in [0.15, 0.2) is 0 Å². The number of halogens is 1. The summed E-state index contributed by atoms with van der Waals surface area (Å²) in [5.74, 6) is 0. The molecule has 0 amide bonds. The third kappa shape index (κ3) is 11.8. The predicted molar refractivity (Wildman–Crippen MR) is 114 cm³/mol. The quantitative estimate of drug-likeness (QED) is 0.375. The topological polar surface area (TPSA) is 0 Å². The van der Waals surface area contributed by atoms with Gasteiger partial charge in [0.2, 0.25) is 0 Å². The first-order valence-corrected chi connectivity index (χ1v) is 10.4. The highest BCUT2D eigenvalue weighted by molar-refractivity contribution is 6.30. The van der Waals surface area contributed by atoms with Gasteiger partial charge in [-0.3, -0.25) is 0 Å². The van der Waals surface area contributed by atoms with Crippen LogP contribution in [0.25, 0.3) is 0 Å². The molecule has 0 aliphatic heterocycles. The maximum Gasteiger partial charge on any atom is 0.0406 e. The molecule has 0 unspecified atom stereocenters. The Morgan fingerprint density at radius 2 is 1.04 bits per heavy atom. The molecule has 138 valence electrons. The number of hydrogen-bond acceptors (Lipinski definition) is 0. The van der Waals surface area contributed by atoms with Crippen molar-refractivity contribution < 1.29 is 0 Å². The van der Waals surface area contributed by atoms with Gasteiger partial charge in [-0.2, -0.15) is 0 Å². The van der Waals surface area contributed by atoms with Crippen molar-refractivity contribution in [2.24, 2.45) is 0 Å². The molecule has 0 radical (unpaired) electrons. The van der Waals surface area contributed by atoms with Crippen molar-refractivity contribution in [3.05, 3.63) is 70.7 Å². The summed E-state index contributed by atoms with van der Waals surface area (Å²) in [5, 5.41) is 0.831. The van der Waals surface area contributed by atoms with Gasteiger partial charge in [0.1, 0.15) is 0 Å². The van der Waals surface area contributed by atoms with Crippen molar-refractivity contribution in [1.29, 1.82) is 0 Å². The fourth-order valence-electron chi connectivity index (χ4n) is 2.81. The summed E-state index contributed by atoms with van der Waals surface area (Å²) in [5.41, 5.74) is 2.88. The fraction of sp³-hybridized carbons (Fsp3) is 0.500. The number of aryl methyl sites for hydroxylation is 2. The Morgan fingerprint density at radius 3 is 1.52 bits per heavy atom. The first-order chi connectivity index (χ1) is 12.3. The lowest BCUT2D eigenvalue weighted by molar-refractivity contribution is 0.667. The minimum atomic E-state index is 0.831. The van der Waals surface area contributed by atoms with E-state index in [0.29, 0.717) is 0 Å². The SMILES string of the molecule is CCCCCCc1ccc(Cl)cc1.CCCCCCc1ccccc1. The van der Waals surface area contributed by atoms with E-state index < -0.39 is 0 Å². The van der Waals surface area contributed by atoms with Crippen LogP contribution in [-0.4, -0.2) is 0 Å². The molecule has 0 fully saturated rings. The Balaban J connectivity index is 0.000000251. The van der Waals surface area contributed by atoms with Crippen LogP contribution in [0.1, 0.15) is 76.3 Å². The van der Waals surface area contributed by atoms with Crippen LogP contribution < -0.4 is 0 Å². The fourth-order valence-corrected chi connectivity index (χ4v) is 2.93. The van der Waals surface area contributed by atoms with Crippen molar-refractivity contribution in [2.45, 2.75) is 78.1 Å². The molecule has 0 heterocycles. The average molecular weight is 359 g/mol. The van der Waals surface area contributed by atoms with E-state index in [1.165, 1.54) is 75.3 Å². The van der Waals surface area contributed by atoms with Crippen LogP contribution in [0.3, 0.4) is 0 Å². The van der Waals surface area contributed by atoms with Gasteiger partial charge in [0.05, 0.1) is 0 Å². The summed E-state index contributed by atoms with van der Waals surface area (Å²) < 4.78 is 0. The third-order valence-electron chi connectivity index (χ3n) is 4.39. The molecule has 0 atom stereocenters. The van der Waals surface area contributed by atoms with Crippen LogP contribution in [0.15, 0.2) is 54.6 Å². The molecule has 0 nitrogen and oxygen atoms in total. The zero-order valence-electron chi connectivity index (χ0n) is 16.1. The molecular weight excluding hydrogens is 324 g/mol. The largest absolute Gasteiger partial charge is 0.0843 e. The Bertz CT molecular complexity index is 516. The van der Waals surface area contributed by atoms with Crippen LogP contribution >= 0.6 is 11.6 Å². The van der Waals surface area contributed by atoms with Crippen LogP contribution in [-0.2, 0) is 12.8 Å². The highest BCUT2D eigenvalue weighted by Gasteiger charge is 1.93. The monoisotopic (exact) mass is 358 g/mol. The van der Waals surface area contributed by atoms with Crippen molar-refractivity contribution in [3.63, 3.8) is 0 Å². The minimum absolute atomic E-state index is 0.831. The van der Waals surface area contributed by atoms with Crippen LogP contribution in [0.2, 0.25) is 5.02 Å². The molecular formula is C24H35Cl. The van der Waals surface area contributed by atoms with E-state index in [-0.39, 0.29) is 0 Å². The van der Waals surface area contributed by atoms with Crippen molar-refractivity contribution in [1.82, 2.24) is 0 Å². The van der Waals surface area contributed by atoms with Crippen LogP contribution in [0.5, 0.6) is 0 Å². The molecule has 0 aromatic heterocycles. The van der Waals surface area contributed by atoms with Gasteiger partial charge in [0, 0.05) is 5.02 Å². The van der Waals surface area contributed by atoms with Gasteiger partial charge in [0.25, 0.3) is 0 Å². The molecule has 2 aromatic rings. The number of unbranched alkanes of at least 4 members (excludes halogenated alkanes) is 6. The molecule has 0 aliphatic rings. The maximum absolute atomic E-state index is 5.80. The zero-order valence-corrected chi connectivity index (χ0v) is 16.9. The van der Waals surface area contributed by atoms with Gasteiger partial charge >= 0.3 is 0 Å². The predicted octanol–water partition coefficient (Wildman–Crippen LogP) is 8.27. The van der Waals surface area contributed by atoms with E-state index in [1.54, 1.807) is 0 Å². The van der Waals surface area contributed by atoms with Gasteiger partial charge in [-0.25, -0.2) is 0 Å². The molecule has 0 spiro atoms. The number of hydrogen-bond donors (Lipinski definition) is 0. The van der Waals surface area contributed by atoms with Crippen LogP contribution in [0.4, 0.5) is 0 Å². The van der Waals surface area contributed by atoms with Gasteiger partial charge in [-0.15, -0.1) is 0 Å². The van der Waals surface area contributed by atoms with E-state index in [1.807, 2.05) is 12.1 Å². The number of benzene rings is 2. The van der Waals surface area contributed by atoms with Gasteiger partial charge in [-0.05, 0) is 48.9 Å². The molecule has 0 bridgehead atoms. The molecule has 2 rings (SSSR count). The first-order valence-electron chi connectivity index (χ1n) is 10.0. The van der Waals surface area contributed by atoms with E-state index in [2.05, 4.69) is 56.3 Å². The molecule has 1 heteroatoms. The Morgan fingerprint density at radius 1 is 0.560 bits per heavy atom. The summed E-state index contributed by atoms with van der Waals surface area (Å²) in [4.78, 5) is 0. The normalized spacial score (nSPS) is 10.2. The second-order valence-corrected chi connectivity index (χ2v) is 7.17. The highest BCUT2D eigenvalue weighted by Crippen LogP contribution is 2.12. The minimum Gasteiger partial charge on any atom is -0.0843 e. The molecule has 0 saturated heterocycles. The van der Waals surface area contributed by atoms with Gasteiger partial charge in [-0.1, -0.05) is 106 Å². The molecule has 2 aromatic carbocycles. The molecule has 0 saturated carbocycles. The second-order valence-electron chi connectivity index (χ2n) is 6.73. The summed E-state index contributed by atoms with van der Waals surface area (Å²) in [6.45, 7) is 4.49. The second kappa shape index (κ2) is 15.0. The van der Waals surface area contributed by atoms with Crippen molar-refractivity contribution in [2.75, 3.05) is 0 Å². The summed E-state index contributed by atoms with van der Waals surface area (Å²) in [7, 11) is 0. The average Bonchev–Trinajstić information content (AvgIpc) is 2.65. The Kier molecular flexibility index (Phi) is 13.1. The lowest BCUT2D eigenvalue weighted by Crippen LogP contribution is -1.84. The number of rotatable bonds is 10. The van der Waals surface area contributed by atoms with Gasteiger partial charge < -0.3 is 0 Å².